The fourth-order valence-corrected chi connectivity index (χ4v) is 2.48. The first-order chi connectivity index (χ1) is 9.15. The molecular formula is C16H20O3. The topological polar surface area (TPSA) is 57.5 Å². The number of rotatable bonds is 3. The van der Waals surface area contributed by atoms with E-state index in [2.05, 4.69) is 0 Å². The lowest BCUT2D eigenvalue weighted by atomic mass is 10.0. The van der Waals surface area contributed by atoms with Gasteiger partial charge in [0.2, 0.25) is 0 Å². The van der Waals surface area contributed by atoms with Crippen LogP contribution < -0.4 is 0 Å². The second-order valence-corrected chi connectivity index (χ2v) is 5.15. The van der Waals surface area contributed by atoms with E-state index in [1.807, 2.05) is 30.3 Å². The van der Waals surface area contributed by atoms with Crippen LogP contribution in [0.1, 0.15) is 43.2 Å². The maximum Gasteiger partial charge on any atom is 0.307 e. The van der Waals surface area contributed by atoms with Gasteiger partial charge in [-0.2, -0.15) is 0 Å². The Morgan fingerprint density at radius 1 is 1.21 bits per heavy atom. The standard InChI is InChI=1S/C16H20O3/c17-15-5-3-1-2-4-14(15)10-12-6-8-13(9-7-12)11-16(18)19/h6-10,15,17H,1-5,11H2,(H,18,19)/b14-10-. The smallest absolute Gasteiger partial charge is 0.307 e. The molecule has 0 aliphatic heterocycles. The van der Waals surface area contributed by atoms with E-state index < -0.39 is 5.97 Å². The first-order valence-corrected chi connectivity index (χ1v) is 6.84. The molecule has 1 aromatic carbocycles. The van der Waals surface area contributed by atoms with E-state index in [1.54, 1.807) is 0 Å². The van der Waals surface area contributed by atoms with Crippen LogP contribution in [0.5, 0.6) is 0 Å². The van der Waals surface area contributed by atoms with Gasteiger partial charge in [0.1, 0.15) is 0 Å². The summed E-state index contributed by atoms with van der Waals surface area (Å²) in [5.41, 5.74) is 2.93. The molecule has 1 aromatic rings. The number of hydrogen-bond acceptors (Lipinski definition) is 2. The second-order valence-electron chi connectivity index (χ2n) is 5.15. The Bertz CT molecular complexity index is 459. The van der Waals surface area contributed by atoms with E-state index in [-0.39, 0.29) is 12.5 Å². The molecular weight excluding hydrogens is 240 g/mol. The Kier molecular flexibility index (Phi) is 4.74. The van der Waals surface area contributed by atoms with E-state index in [0.29, 0.717) is 0 Å². The van der Waals surface area contributed by atoms with Crippen LogP contribution in [0, 0.1) is 0 Å². The molecule has 1 atom stereocenters. The number of aliphatic hydroxyl groups is 1. The maximum atomic E-state index is 10.6. The van der Waals surface area contributed by atoms with Crippen molar-refractivity contribution in [3.8, 4) is 0 Å². The van der Waals surface area contributed by atoms with E-state index in [9.17, 15) is 9.90 Å². The van der Waals surface area contributed by atoms with Crippen LogP contribution in [0.15, 0.2) is 29.8 Å². The van der Waals surface area contributed by atoms with Crippen LogP contribution in [0.4, 0.5) is 0 Å². The van der Waals surface area contributed by atoms with E-state index in [0.717, 1.165) is 42.4 Å². The van der Waals surface area contributed by atoms with Gasteiger partial charge in [-0.3, -0.25) is 4.79 Å². The number of aliphatic hydroxyl groups excluding tert-OH is 1. The zero-order valence-corrected chi connectivity index (χ0v) is 11.0. The highest BCUT2D eigenvalue weighted by Gasteiger charge is 2.14. The van der Waals surface area contributed by atoms with Crippen molar-refractivity contribution < 1.29 is 15.0 Å². The molecule has 0 amide bonds. The Morgan fingerprint density at radius 2 is 1.95 bits per heavy atom. The van der Waals surface area contributed by atoms with Crippen molar-refractivity contribution in [3.05, 3.63) is 41.0 Å². The Labute approximate surface area is 113 Å². The maximum absolute atomic E-state index is 10.6. The van der Waals surface area contributed by atoms with Crippen molar-refractivity contribution >= 4 is 12.0 Å². The fourth-order valence-electron chi connectivity index (χ4n) is 2.48. The third kappa shape index (κ3) is 4.21. The molecule has 1 aliphatic rings. The third-order valence-corrected chi connectivity index (χ3v) is 3.56. The largest absolute Gasteiger partial charge is 0.481 e. The molecule has 1 fully saturated rings. The minimum absolute atomic E-state index is 0.0550. The molecule has 19 heavy (non-hydrogen) atoms. The summed E-state index contributed by atoms with van der Waals surface area (Å²) in [5, 5.41) is 18.8. The van der Waals surface area contributed by atoms with Crippen LogP contribution in [-0.2, 0) is 11.2 Å². The van der Waals surface area contributed by atoms with Crippen LogP contribution in [0.3, 0.4) is 0 Å². The number of carbonyl (C=O) groups is 1. The minimum atomic E-state index is -0.815. The van der Waals surface area contributed by atoms with Crippen molar-refractivity contribution in [2.24, 2.45) is 0 Å². The minimum Gasteiger partial charge on any atom is -0.481 e. The summed E-state index contributed by atoms with van der Waals surface area (Å²) in [6.07, 6.45) is 7.00. The number of carboxylic acid groups (broad SMARTS) is 1. The molecule has 0 heterocycles. The van der Waals surface area contributed by atoms with Crippen LogP contribution >= 0.6 is 0 Å². The molecule has 3 heteroatoms. The number of aliphatic carboxylic acids is 1. The van der Waals surface area contributed by atoms with E-state index in [4.69, 9.17) is 5.11 Å². The third-order valence-electron chi connectivity index (χ3n) is 3.56. The lowest BCUT2D eigenvalue weighted by molar-refractivity contribution is -0.136. The summed E-state index contributed by atoms with van der Waals surface area (Å²) in [6.45, 7) is 0. The average Bonchev–Trinajstić information content (AvgIpc) is 2.57. The first kappa shape index (κ1) is 13.8. The summed E-state index contributed by atoms with van der Waals surface area (Å²) in [4.78, 5) is 10.6. The normalized spacial score (nSPS) is 22.2. The summed E-state index contributed by atoms with van der Waals surface area (Å²) in [5.74, 6) is -0.815. The van der Waals surface area contributed by atoms with Gasteiger partial charge in [0, 0.05) is 0 Å². The Morgan fingerprint density at radius 3 is 2.63 bits per heavy atom. The zero-order chi connectivity index (χ0) is 13.7. The average molecular weight is 260 g/mol. The van der Waals surface area contributed by atoms with E-state index in [1.165, 1.54) is 6.42 Å². The predicted molar refractivity (Wildman–Crippen MR) is 74.9 cm³/mol. The summed E-state index contributed by atoms with van der Waals surface area (Å²) < 4.78 is 0. The van der Waals surface area contributed by atoms with Gasteiger partial charge in [-0.1, -0.05) is 43.2 Å². The lowest BCUT2D eigenvalue weighted by Gasteiger charge is -2.11. The van der Waals surface area contributed by atoms with Gasteiger partial charge >= 0.3 is 5.97 Å². The summed E-state index contributed by atoms with van der Waals surface area (Å²) >= 11 is 0. The molecule has 102 valence electrons. The summed E-state index contributed by atoms with van der Waals surface area (Å²) in [7, 11) is 0. The summed E-state index contributed by atoms with van der Waals surface area (Å²) in [6, 6.07) is 7.51. The van der Waals surface area contributed by atoms with Crippen molar-refractivity contribution in [1.29, 1.82) is 0 Å². The molecule has 3 nitrogen and oxygen atoms in total. The Hall–Kier alpha value is -1.61. The highest BCUT2D eigenvalue weighted by molar-refractivity contribution is 5.70. The Balaban J connectivity index is 2.10. The molecule has 0 radical (unpaired) electrons. The van der Waals surface area contributed by atoms with Gasteiger partial charge in [-0.25, -0.2) is 0 Å². The fraction of sp³-hybridized carbons (Fsp3) is 0.438. The lowest BCUT2D eigenvalue weighted by Crippen LogP contribution is -2.07. The van der Waals surface area contributed by atoms with Gasteiger partial charge in [0.05, 0.1) is 12.5 Å². The highest BCUT2D eigenvalue weighted by Crippen LogP contribution is 2.24. The molecule has 1 saturated carbocycles. The van der Waals surface area contributed by atoms with E-state index >= 15 is 0 Å². The van der Waals surface area contributed by atoms with Gasteiger partial charge in [0.15, 0.2) is 0 Å². The predicted octanol–water partition coefficient (Wildman–Crippen LogP) is 3.02. The van der Waals surface area contributed by atoms with Crippen molar-refractivity contribution in [2.75, 3.05) is 0 Å². The molecule has 0 spiro atoms. The quantitative estimate of drug-likeness (QED) is 0.821. The number of benzene rings is 1. The van der Waals surface area contributed by atoms with Crippen LogP contribution in [-0.4, -0.2) is 22.3 Å². The number of hydrogen-bond donors (Lipinski definition) is 2. The molecule has 1 unspecified atom stereocenters. The molecule has 2 rings (SSSR count). The number of carboxylic acids is 1. The van der Waals surface area contributed by atoms with Gasteiger partial charge in [-0.05, 0) is 36.0 Å². The zero-order valence-electron chi connectivity index (χ0n) is 11.0. The molecule has 0 bridgehead atoms. The molecule has 0 aromatic heterocycles. The molecule has 2 N–H and O–H groups in total. The monoisotopic (exact) mass is 260 g/mol. The van der Waals surface area contributed by atoms with Crippen molar-refractivity contribution in [1.82, 2.24) is 0 Å². The van der Waals surface area contributed by atoms with Crippen LogP contribution in [0.25, 0.3) is 6.08 Å². The molecule has 1 aliphatic carbocycles. The SMILES string of the molecule is O=C(O)Cc1ccc(/C=C2/CCCCCC2O)cc1. The van der Waals surface area contributed by atoms with Gasteiger partial charge < -0.3 is 10.2 Å². The highest BCUT2D eigenvalue weighted by atomic mass is 16.4. The second kappa shape index (κ2) is 6.53. The van der Waals surface area contributed by atoms with Gasteiger partial charge in [0.25, 0.3) is 0 Å². The van der Waals surface area contributed by atoms with Crippen LogP contribution in [0.2, 0.25) is 0 Å². The molecule has 0 saturated heterocycles. The van der Waals surface area contributed by atoms with Gasteiger partial charge in [-0.15, -0.1) is 0 Å². The van der Waals surface area contributed by atoms with Crippen molar-refractivity contribution in [3.63, 3.8) is 0 Å². The first-order valence-electron chi connectivity index (χ1n) is 6.84. The van der Waals surface area contributed by atoms with Crippen molar-refractivity contribution in [2.45, 2.75) is 44.6 Å².